The summed E-state index contributed by atoms with van der Waals surface area (Å²) in [4.78, 5) is 34.9. The third-order valence-corrected chi connectivity index (χ3v) is 2.05. The fraction of sp³-hybridized carbons (Fsp3) is 0.545. The minimum atomic E-state index is -0.574. The van der Waals surface area contributed by atoms with Gasteiger partial charge in [-0.1, -0.05) is 0 Å². The van der Waals surface area contributed by atoms with Crippen molar-refractivity contribution in [2.75, 3.05) is 6.54 Å². The molecule has 1 aliphatic heterocycles. The Hall–Kier alpha value is -1.65. The van der Waals surface area contributed by atoms with Crippen LogP contribution >= 0.6 is 0 Å². The van der Waals surface area contributed by atoms with Gasteiger partial charge in [-0.25, -0.2) is 4.79 Å². The Morgan fingerprint density at radius 3 is 2.56 bits per heavy atom. The highest BCUT2D eigenvalue weighted by molar-refractivity contribution is 6.04. The van der Waals surface area contributed by atoms with E-state index in [1.54, 1.807) is 13.8 Å². The Kier molecular flexibility index (Phi) is 4.22. The molecule has 0 bridgehead atoms. The second-order valence-electron chi connectivity index (χ2n) is 3.81. The molecule has 88 valence electrons. The van der Waals surface area contributed by atoms with Gasteiger partial charge in [0.1, 0.15) is 0 Å². The number of esters is 1. The number of rotatable bonds is 3. The zero-order valence-electron chi connectivity index (χ0n) is 9.43. The largest absolute Gasteiger partial charge is 0.460 e. The lowest BCUT2D eigenvalue weighted by atomic mass is 10.4. The van der Waals surface area contributed by atoms with E-state index >= 15 is 0 Å². The van der Waals surface area contributed by atoms with E-state index in [-0.39, 0.29) is 12.0 Å². The maximum atomic E-state index is 11.5. The number of nitrogens with zero attached hydrogens (tertiary/aromatic N) is 1. The van der Waals surface area contributed by atoms with E-state index in [0.29, 0.717) is 19.4 Å². The van der Waals surface area contributed by atoms with Gasteiger partial charge in [0, 0.05) is 25.1 Å². The van der Waals surface area contributed by atoms with Crippen molar-refractivity contribution in [1.29, 1.82) is 0 Å². The highest BCUT2D eigenvalue weighted by Gasteiger charge is 2.24. The second kappa shape index (κ2) is 5.44. The Bertz CT molecular complexity index is 333. The van der Waals surface area contributed by atoms with Crippen LogP contribution in [0, 0.1) is 0 Å². The van der Waals surface area contributed by atoms with Gasteiger partial charge in [-0.15, -0.1) is 0 Å². The van der Waals surface area contributed by atoms with Gasteiger partial charge in [0.15, 0.2) is 0 Å². The fourth-order valence-electron chi connectivity index (χ4n) is 1.38. The summed E-state index contributed by atoms with van der Waals surface area (Å²) in [7, 11) is 0. The van der Waals surface area contributed by atoms with Gasteiger partial charge < -0.3 is 4.74 Å². The van der Waals surface area contributed by atoms with Crippen LogP contribution in [0.1, 0.15) is 26.7 Å². The van der Waals surface area contributed by atoms with Crippen molar-refractivity contribution >= 4 is 17.8 Å². The van der Waals surface area contributed by atoms with Crippen LogP contribution in [0.3, 0.4) is 0 Å². The molecule has 0 unspecified atom stereocenters. The van der Waals surface area contributed by atoms with E-state index < -0.39 is 11.9 Å². The molecule has 0 saturated carbocycles. The van der Waals surface area contributed by atoms with Crippen molar-refractivity contribution in [3.8, 4) is 0 Å². The SMILES string of the molecule is CC(C)OC(=O)C=CC(=O)N1CCCC1=O. The molecule has 0 aromatic rings. The standard InChI is InChI=1S/C11H15NO4/c1-8(2)16-11(15)6-5-10(14)12-7-3-4-9(12)13/h5-6,8H,3-4,7H2,1-2H3. The van der Waals surface area contributed by atoms with E-state index in [4.69, 9.17) is 4.74 Å². The molecular weight excluding hydrogens is 210 g/mol. The second-order valence-corrected chi connectivity index (χ2v) is 3.81. The van der Waals surface area contributed by atoms with Gasteiger partial charge in [-0.3, -0.25) is 14.5 Å². The fourth-order valence-corrected chi connectivity index (χ4v) is 1.38. The first-order valence-corrected chi connectivity index (χ1v) is 5.23. The molecule has 1 heterocycles. The first-order valence-electron chi connectivity index (χ1n) is 5.23. The summed E-state index contributed by atoms with van der Waals surface area (Å²) >= 11 is 0. The number of amides is 2. The molecular formula is C11H15NO4. The number of likely N-dealkylation sites (tertiary alicyclic amines) is 1. The van der Waals surface area contributed by atoms with Gasteiger partial charge in [0.05, 0.1) is 6.10 Å². The summed E-state index contributed by atoms with van der Waals surface area (Å²) in [5.41, 5.74) is 0. The molecule has 1 fully saturated rings. The number of ether oxygens (including phenoxy) is 1. The summed E-state index contributed by atoms with van der Waals surface area (Å²) in [6.45, 7) is 3.87. The highest BCUT2D eigenvalue weighted by atomic mass is 16.5. The lowest BCUT2D eigenvalue weighted by Crippen LogP contribution is -2.30. The summed E-state index contributed by atoms with van der Waals surface area (Å²) in [5, 5.41) is 0. The number of hydrogen-bond donors (Lipinski definition) is 0. The van der Waals surface area contributed by atoms with Crippen LogP contribution in [0.2, 0.25) is 0 Å². The van der Waals surface area contributed by atoms with E-state index in [2.05, 4.69) is 0 Å². The van der Waals surface area contributed by atoms with Crippen molar-refractivity contribution in [3.05, 3.63) is 12.2 Å². The first kappa shape index (κ1) is 12.4. The van der Waals surface area contributed by atoms with Gasteiger partial charge >= 0.3 is 5.97 Å². The van der Waals surface area contributed by atoms with Crippen LogP contribution in [0.5, 0.6) is 0 Å². The average molecular weight is 225 g/mol. The van der Waals surface area contributed by atoms with Crippen molar-refractivity contribution < 1.29 is 19.1 Å². The molecule has 0 radical (unpaired) electrons. The van der Waals surface area contributed by atoms with Crippen LogP contribution < -0.4 is 0 Å². The molecule has 5 heteroatoms. The molecule has 16 heavy (non-hydrogen) atoms. The molecule has 2 amide bonds. The quantitative estimate of drug-likeness (QED) is 0.522. The van der Waals surface area contributed by atoms with Gasteiger partial charge in [0.25, 0.3) is 5.91 Å². The predicted molar refractivity (Wildman–Crippen MR) is 56.3 cm³/mol. The molecule has 0 aromatic heterocycles. The Balaban J connectivity index is 2.47. The number of imide groups is 1. The topological polar surface area (TPSA) is 63.7 Å². The Morgan fingerprint density at radius 1 is 1.38 bits per heavy atom. The first-order chi connectivity index (χ1) is 7.50. The molecule has 1 aliphatic rings. The smallest absolute Gasteiger partial charge is 0.331 e. The van der Waals surface area contributed by atoms with Gasteiger partial charge in [-0.2, -0.15) is 0 Å². The van der Waals surface area contributed by atoms with Crippen LogP contribution in [0.15, 0.2) is 12.2 Å². The van der Waals surface area contributed by atoms with Crippen molar-refractivity contribution in [1.82, 2.24) is 4.90 Å². The summed E-state index contributed by atoms with van der Waals surface area (Å²) in [6, 6.07) is 0. The van der Waals surface area contributed by atoms with E-state index in [1.165, 1.54) is 0 Å². The summed E-state index contributed by atoms with van der Waals surface area (Å²) < 4.78 is 4.81. The number of carbonyl (C=O) groups excluding carboxylic acids is 3. The molecule has 1 saturated heterocycles. The minimum absolute atomic E-state index is 0.188. The van der Waals surface area contributed by atoms with Crippen LogP contribution in [-0.4, -0.2) is 35.3 Å². The monoisotopic (exact) mass is 225 g/mol. The molecule has 0 atom stereocenters. The lowest BCUT2D eigenvalue weighted by molar-refractivity contribution is -0.142. The molecule has 0 N–H and O–H groups in total. The third kappa shape index (κ3) is 3.49. The van der Waals surface area contributed by atoms with E-state index in [9.17, 15) is 14.4 Å². The number of carbonyl (C=O) groups is 3. The van der Waals surface area contributed by atoms with Crippen LogP contribution in [-0.2, 0) is 19.1 Å². The molecule has 0 aliphatic carbocycles. The van der Waals surface area contributed by atoms with Crippen molar-refractivity contribution in [3.63, 3.8) is 0 Å². The van der Waals surface area contributed by atoms with Gasteiger partial charge in [-0.05, 0) is 20.3 Å². The van der Waals surface area contributed by atoms with Crippen LogP contribution in [0.4, 0.5) is 0 Å². The third-order valence-electron chi connectivity index (χ3n) is 2.05. The maximum absolute atomic E-state index is 11.5. The van der Waals surface area contributed by atoms with E-state index in [1.807, 2.05) is 0 Å². The maximum Gasteiger partial charge on any atom is 0.331 e. The summed E-state index contributed by atoms with van der Waals surface area (Å²) in [6.07, 6.45) is 2.99. The van der Waals surface area contributed by atoms with Gasteiger partial charge in [0.2, 0.25) is 5.91 Å². The predicted octanol–water partition coefficient (Wildman–Crippen LogP) is 0.643. The number of hydrogen-bond acceptors (Lipinski definition) is 4. The van der Waals surface area contributed by atoms with Crippen molar-refractivity contribution in [2.45, 2.75) is 32.8 Å². The van der Waals surface area contributed by atoms with E-state index in [0.717, 1.165) is 17.1 Å². The molecule has 5 nitrogen and oxygen atoms in total. The minimum Gasteiger partial charge on any atom is -0.460 e. The Morgan fingerprint density at radius 2 is 2.06 bits per heavy atom. The summed E-state index contributed by atoms with van der Waals surface area (Å²) in [5.74, 6) is -1.22. The van der Waals surface area contributed by atoms with Crippen molar-refractivity contribution in [2.24, 2.45) is 0 Å². The zero-order chi connectivity index (χ0) is 12.1. The zero-order valence-corrected chi connectivity index (χ0v) is 9.43. The lowest BCUT2D eigenvalue weighted by Gasteiger charge is -2.09. The van der Waals surface area contributed by atoms with Crippen LogP contribution in [0.25, 0.3) is 0 Å². The molecule has 0 aromatic carbocycles. The normalized spacial score (nSPS) is 16.2. The molecule has 1 rings (SSSR count). The Labute approximate surface area is 94.1 Å². The molecule has 0 spiro atoms. The highest BCUT2D eigenvalue weighted by Crippen LogP contribution is 2.09. The average Bonchev–Trinajstić information content (AvgIpc) is 2.60.